The molecule has 0 heterocycles. The van der Waals surface area contributed by atoms with Gasteiger partial charge >= 0.3 is 5.97 Å². The van der Waals surface area contributed by atoms with E-state index in [2.05, 4.69) is 19.1 Å². The van der Waals surface area contributed by atoms with Crippen molar-refractivity contribution >= 4 is 5.97 Å². The second-order valence-corrected chi connectivity index (χ2v) is 3.89. The lowest BCUT2D eigenvalue weighted by Crippen LogP contribution is -1.95. The normalized spacial score (nSPS) is 10.2. The number of rotatable bonds is 3. The van der Waals surface area contributed by atoms with Crippen molar-refractivity contribution in [3.05, 3.63) is 59.7 Å². The first-order chi connectivity index (χ1) is 8.22. The van der Waals surface area contributed by atoms with Crippen LogP contribution in [0.4, 0.5) is 0 Å². The largest absolute Gasteiger partial charge is 0.478 e. The van der Waals surface area contributed by atoms with Gasteiger partial charge in [-0.2, -0.15) is 0 Å². The summed E-state index contributed by atoms with van der Waals surface area (Å²) >= 11 is 0. The van der Waals surface area contributed by atoms with Crippen LogP contribution < -0.4 is 0 Å². The van der Waals surface area contributed by atoms with Gasteiger partial charge in [-0.25, -0.2) is 4.79 Å². The highest BCUT2D eigenvalue weighted by Crippen LogP contribution is 2.24. The topological polar surface area (TPSA) is 37.3 Å². The molecule has 0 bridgehead atoms. The minimum atomic E-state index is -0.889. The molecule has 0 fully saturated rings. The molecule has 2 nitrogen and oxygen atoms in total. The van der Waals surface area contributed by atoms with Crippen LogP contribution in [0.2, 0.25) is 0 Å². The van der Waals surface area contributed by atoms with Gasteiger partial charge in [-0.1, -0.05) is 43.3 Å². The molecule has 0 aliphatic heterocycles. The molecule has 0 saturated carbocycles. The summed E-state index contributed by atoms with van der Waals surface area (Å²) in [6, 6.07) is 15.2. The standard InChI is InChI=1S/C15H14O2/c1-2-11-5-3-4-6-14(11)12-7-9-13(10-8-12)15(16)17/h3-10H,2H2,1H3,(H,16,17). The maximum Gasteiger partial charge on any atom is 0.335 e. The molecule has 17 heavy (non-hydrogen) atoms. The van der Waals surface area contributed by atoms with Crippen molar-refractivity contribution < 1.29 is 9.90 Å². The van der Waals surface area contributed by atoms with Crippen LogP contribution in [0.25, 0.3) is 11.1 Å². The predicted molar refractivity (Wildman–Crippen MR) is 68.2 cm³/mol. The van der Waals surface area contributed by atoms with Crippen LogP contribution in [0.5, 0.6) is 0 Å². The van der Waals surface area contributed by atoms with Crippen LogP contribution in [0, 0.1) is 0 Å². The summed E-state index contributed by atoms with van der Waals surface area (Å²) < 4.78 is 0. The summed E-state index contributed by atoms with van der Waals surface area (Å²) in [5, 5.41) is 8.85. The smallest absolute Gasteiger partial charge is 0.335 e. The molecule has 0 spiro atoms. The summed E-state index contributed by atoms with van der Waals surface area (Å²) in [4.78, 5) is 10.8. The second kappa shape index (κ2) is 4.83. The molecule has 1 N–H and O–H groups in total. The Hall–Kier alpha value is -2.09. The third-order valence-corrected chi connectivity index (χ3v) is 2.84. The molecule has 0 aliphatic carbocycles. The van der Waals surface area contributed by atoms with Crippen LogP contribution in [-0.2, 0) is 6.42 Å². The fraction of sp³-hybridized carbons (Fsp3) is 0.133. The van der Waals surface area contributed by atoms with E-state index in [0.29, 0.717) is 5.56 Å². The number of carboxylic acids is 1. The van der Waals surface area contributed by atoms with Gasteiger partial charge in [0, 0.05) is 0 Å². The van der Waals surface area contributed by atoms with Crippen LogP contribution in [0.15, 0.2) is 48.5 Å². The van der Waals surface area contributed by atoms with Crippen LogP contribution in [-0.4, -0.2) is 11.1 Å². The Labute approximate surface area is 101 Å². The van der Waals surface area contributed by atoms with Crippen molar-refractivity contribution in [2.24, 2.45) is 0 Å². The SMILES string of the molecule is CCc1ccccc1-c1ccc(C(=O)O)cc1. The van der Waals surface area contributed by atoms with Gasteiger partial charge in [0.15, 0.2) is 0 Å². The lowest BCUT2D eigenvalue weighted by molar-refractivity contribution is 0.0697. The molecule has 2 aromatic rings. The van der Waals surface area contributed by atoms with E-state index in [9.17, 15) is 4.79 Å². The lowest BCUT2D eigenvalue weighted by atomic mass is 9.97. The molecule has 86 valence electrons. The Kier molecular flexibility index (Phi) is 3.24. The number of carboxylic acid groups (broad SMARTS) is 1. The van der Waals surface area contributed by atoms with Crippen molar-refractivity contribution in [1.29, 1.82) is 0 Å². The molecule has 2 heteroatoms. The van der Waals surface area contributed by atoms with E-state index in [-0.39, 0.29) is 0 Å². The van der Waals surface area contributed by atoms with Crippen LogP contribution >= 0.6 is 0 Å². The minimum Gasteiger partial charge on any atom is -0.478 e. The first-order valence-electron chi connectivity index (χ1n) is 5.64. The Morgan fingerprint density at radius 2 is 1.71 bits per heavy atom. The van der Waals surface area contributed by atoms with E-state index in [0.717, 1.165) is 12.0 Å². The van der Waals surface area contributed by atoms with Crippen molar-refractivity contribution in [1.82, 2.24) is 0 Å². The molecule has 0 atom stereocenters. The number of benzene rings is 2. The van der Waals surface area contributed by atoms with Gasteiger partial charge in [0.1, 0.15) is 0 Å². The molecule has 0 amide bonds. The van der Waals surface area contributed by atoms with E-state index in [1.54, 1.807) is 12.1 Å². The number of carbonyl (C=O) groups is 1. The summed E-state index contributed by atoms with van der Waals surface area (Å²) in [6.45, 7) is 2.12. The van der Waals surface area contributed by atoms with Crippen LogP contribution in [0.1, 0.15) is 22.8 Å². The van der Waals surface area contributed by atoms with E-state index in [1.165, 1.54) is 11.1 Å². The molecule has 0 radical (unpaired) electrons. The maximum absolute atomic E-state index is 10.8. The summed E-state index contributed by atoms with van der Waals surface area (Å²) in [5.74, 6) is -0.889. The highest BCUT2D eigenvalue weighted by atomic mass is 16.4. The molecule has 0 unspecified atom stereocenters. The number of aryl methyl sites for hydroxylation is 1. The van der Waals surface area contributed by atoms with Gasteiger partial charge in [-0.3, -0.25) is 0 Å². The average Bonchev–Trinajstić information content (AvgIpc) is 2.39. The highest BCUT2D eigenvalue weighted by Gasteiger charge is 2.05. The van der Waals surface area contributed by atoms with E-state index >= 15 is 0 Å². The van der Waals surface area contributed by atoms with E-state index < -0.39 is 5.97 Å². The summed E-state index contributed by atoms with van der Waals surface area (Å²) in [6.07, 6.45) is 0.969. The Morgan fingerprint density at radius 1 is 1.06 bits per heavy atom. The fourth-order valence-corrected chi connectivity index (χ4v) is 1.90. The van der Waals surface area contributed by atoms with Crippen molar-refractivity contribution in [3.8, 4) is 11.1 Å². The van der Waals surface area contributed by atoms with Crippen molar-refractivity contribution in [2.45, 2.75) is 13.3 Å². The van der Waals surface area contributed by atoms with Gasteiger partial charge in [-0.15, -0.1) is 0 Å². The van der Waals surface area contributed by atoms with Gasteiger partial charge in [0.2, 0.25) is 0 Å². The number of hydrogen-bond acceptors (Lipinski definition) is 1. The van der Waals surface area contributed by atoms with E-state index in [1.807, 2.05) is 24.3 Å². The Balaban J connectivity index is 2.43. The van der Waals surface area contributed by atoms with Gasteiger partial charge in [0.05, 0.1) is 5.56 Å². The van der Waals surface area contributed by atoms with E-state index in [4.69, 9.17) is 5.11 Å². The molecule has 2 rings (SSSR count). The summed E-state index contributed by atoms with van der Waals surface area (Å²) in [5.41, 5.74) is 3.83. The third kappa shape index (κ3) is 2.36. The zero-order valence-corrected chi connectivity index (χ0v) is 9.68. The van der Waals surface area contributed by atoms with Crippen molar-refractivity contribution in [3.63, 3.8) is 0 Å². The molecular formula is C15H14O2. The quantitative estimate of drug-likeness (QED) is 0.868. The zero-order chi connectivity index (χ0) is 12.3. The Morgan fingerprint density at radius 3 is 2.29 bits per heavy atom. The predicted octanol–water partition coefficient (Wildman–Crippen LogP) is 3.61. The monoisotopic (exact) mass is 226 g/mol. The van der Waals surface area contributed by atoms with Gasteiger partial charge in [-0.05, 0) is 35.2 Å². The minimum absolute atomic E-state index is 0.322. The lowest BCUT2D eigenvalue weighted by Gasteiger charge is -2.07. The second-order valence-electron chi connectivity index (χ2n) is 3.89. The fourth-order valence-electron chi connectivity index (χ4n) is 1.90. The average molecular weight is 226 g/mol. The first-order valence-corrected chi connectivity index (χ1v) is 5.64. The molecule has 0 saturated heterocycles. The number of hydrogen-bond donors (Lipinski definition) is 1. The van der Waals surface area contributed by atoms with Gasteiger partial charge in [0.25, 0.3) is 0 Å². The van der Waals surface area contributed by atoms with Gasteiger partial charge < -0.3 is 5.11 Å². The first kappa shape index (κ1) is 11.4. The zero-order valence-electron chi connectivity index (χ0n) is 9.68. The number of aromatic carboxylic acids is 1. The summed E-state index contributed by atoms with van der Waals surface area (Å²) in [7, 11) is 0. The molecule has 0 aliphatic rings. The molecular weight excluding hydrogens is 212 g/mol. The molecule has 2 aromatic carbocycles. The molecule has 0 aromatic heterocycles. The van der Waals surface area contributed by atoms with Crippen molar-refractivity contribution in [2.75, 3.05) is 0 Å². The Bertz CT molecular complexity index is 527. The highest BCUT2D eigenvalue weighted by molar-refractivity contribution is 5.88. The maximum atomic E-state index is 10.8. The third-order valence-electron chi connectivity index (χ3n) is 2.84. The van der Waals surface area contributed by atoms with Crippen LogP contribution in [0.3, 0.4) is 0 Å².